The smallest absolute Gasteiger partial charge is 0.170 e. The van der Waals surface area contributed by atoms with Gasteiger partial charge in [0, 0.05) is 5.41 Å². The minimum absolute atomic E-state index is 0.766. The van der Waals surface area contributed by atoms with Gasteiger partial charge in [-0.25, -0.2) is 15.0 Å². The average molecular weight is 201 g/mol. The van der Waals surface area contributed by atoms with E-state index in [0.717, 1.165) is 10.7 Å². The monoisotopic (exact) mass is 201 g/mol. The van der Waals surface area contributed by atoms with Crippen LogP contribution in [0.1, 0.15) is 5.82 Å². The first kappa shape index (κ1) is 7.45. The van der Waals surface area contributed by atoms with Crippen molar-refractivity contribution in [3.63, 3.8) is 0 Å². The van der Waals surface area contributed by atoms with Crippen molar-refractivity contribution >= 4 is 36.3 Å². The minimum atomic E-state index is 0.766. The van der Waals surface area contributed by atoms with Crippen LogP contribution in [0.5, 0.6) is 0 Å². The van der Waals surface area contributed by atoms with Gasteiger partial charge in [-0.2, -0.15) is 0 Å². The molecule has 0 N–H and O–H groups in total. The fourth-order valence-electron chi connectivity index (χ4n) is 0.596. The van der Waals surface area contributed by atoms with E-state index in [1.807, 2.05) is 5.41 Å². The summed E-state index contributed by atoms with van der Waals surface area (Å²) in [4.78, 5) is 12.9. The molecular formula is C5H3N3S3. The second-order valence-electron chi connectivity index (χ2n) is 1.69. The van der Waals surface area contributed by atoms with E-state index < -0.39 is 0 Å². The lowest BCUT2D eigenvalue weighted by atomic mass is 10.6. The summed E-state index contributed by atoms with van der Waals surface area (Å²) in [5.41, 5.74) is 0. The number of hydrogen-bond donors (Lipinski definition) is 0. The molecule has 0 spiro atoms. The molecule has 1 aliphatic heterocycles. The molecule has 1 aromatic rings. The fourth-order valence-corrected chi connectivity index (χ4v) is 4.29. The Morgan fingerprint density at radius 3 is 2.64 bits per heavy atom. The molecule has 0 amide bonds. The van der Waals surface area contributed by atoms with Crippen LogP contribution < -0.4 is 0 Å². The molecule has 1 aliphatic rings. The Balaban J connectivity index is 2.29. The summed E-state index contributed by atoms with van der Waals surface area (Å²) in [7, 11) is 5.09. The highest BCUT2D eigenvalue weighted by Crippen LogP contribution is 2.51. The third-order valence-corrected chi connectivity index (χ3v) is 4.73. The van der Waals surface area contributed by atoms with Crippen molar-refractivity contribution < 1.29 is 0 Å². The molecule has 0 atom stereocenters. The van der Waals surface area contributed by atoms with E-state index in [4.69, 9.17) is 0 Å². The van der Waals surface area contributed by atoms with E-state index >= 15 is 0 Å². The summed E-state index contributed by atoms with van der Waals surface area (Å²) >= 11 is 0. The van der Waals surface area contributed by atoms with E-state index in [1.54, 1.807) is 31.4 Å². The summed E-state index contributed by atoms with van der Waals surface area (Å²) in [6.07, 6.45) is 3.02. The van der Waals surface area contributed by atoms with Crippen molar-refractivity contribution in [3.8, 4) is 0 Å². The van der Waals surface area contributed by atoms with Crippen LogP contribution in [0.4, 0.5) is 0 Å². The van der Waals surface area contributed by atoms with Crippen LogP contribution in [0.2, 0.25) is 0 Å². The predicted molar refractivity (Wildman–Crippen MR) is 50.6 cm³/mol. The lowest BCUT2D eigenvalue weighted by Crippen LogP contribution is -1.89. The maximum Gasteiger partial charge on any atom is 0.170 e. The Morgan fingerprint density at radius 1 is 1.18 bits per heavy atom. The van der Waals surface area contributed by atoms with Crippen LogP contribution in [-0.4, -0.2) is 15.0 Å². The van der Waals surface area contributed by atoms with Crippen molar-refractivity contribution in [3.05, 3.63) is 23.9 Å². The molecule has 0 saturated carbocycles. The predicted octanol–water partition coefficient (Wildman–Crippen LogP) is 2.21. The molecule has 6 heteroatoms. The molecule has 0 aliphatic carbocycles. The number of aromatic nitrogens is 3. The van der Waals surface area contributed by atoms with E-state index in [2.05, 4.69) is 15.0 Å². The standard InChI is InChI=1S/C5H3N3S3/c1-4(10-11-9-1)5-7-2-6-3-8-5/h1-3H. The van der Waals surface area contributed by atoms with Gasteiger partial charge < -0.3 is 0 Å². The lowest BCUT2D eigenvalue weighted by Gasteiger charge is -1.93. The van der Waals surface area contributed by atoms with E-state index in [1.165, 1.54) is 12.7 Å². The van der Waals surface area contributed by atoms with Gasteiger partial charge in [0.1, 0.15) is 12.7 Å². The molecule has 56 valence electrons. The molecule has 2 heterocycles. The van der Waals surface area contributed by atoms with Crippen molar-refractivity contribution in [2.75, 3.05) is 0 Å². The van der Waals surface area contributed by atoms with E-state index in [0.29, 0.717) is 0 Å². The van der Waals surface area contributed by atoms with Crippen LogP contribution >= 0.6 is 31.4 Å². The Labute approximate surface area is 75.3 Å². The molecule has 0 fully saturated rings. The molecule has 11 heavy (non-hydrogen) atoms. The third-order valence-electron chi connectivity index (χ3n) is 1.03. The van der Waals surface area contributed by atoms with Crippen LogP contribution in [0, 0.1) is 0 Å². The van der Waals surface area contributed by atoms with Crippen LogP contribution in [-0.2, 0) is 0 Å². The van der Waals surface area contributed by atoms with Gasteiger partial charge in [0.2, 0.25) is 0 Å². The van der Waals surface area contributed by atoms with Gasteiger partial charge in [0.15, 0.2) is 5.82 Å². The first-order chi connectivity index (χ1) is 5.47. The van der Waals surface area contributed by atoms with Crippen molar-refractivity contribution in [2.45, 2.75) is 0 Å². The minimum Gasteiger partial charge on any atom is -0.225 e. The Hall–Kier alpha value is -0.200. The van der Waals surface area contributed by atoms with E-state index in [-0.39, 0.29) is 0 Å². The average Bonchev–Trinajstić information content (AvgIpc) is 2.58. The Bertz CT molecular complexity index is 274. The summed E-state index contributed by atoms with van der Waals surface area (Å²) in [6, 6.07) is 0. The first-order valence-electron chi connectivity index (χ1n) is 2.79. The van der Waals surface area contributed by atoms with Crippen molar-refractivity contribution in [1.82, 2.24) is 15.0 Å². The summed E-state index contributed by atoms with van der Waals surface area (Å²) in [5, 5.41) is 2.05. The third kappa shape index (κ3) is 1.69. The molecule has 3 nitrogen and oxygen atoms in total. The van der Waals surface area contributed by atoms with Gasteiger partial charge in [0.05, 0.1) is 4.91 Å². The molecule has 0 bridgehead atoms. The molecule has 0 aromatic carbocycles. The summed E-state index contributed by atoms with van der Waals surface area (Å²) < 4.78 is 0. The zero-order valence-electron chi connectivity index (χ0n) is 5.30. The van der Waals surface area contributed by atoms with Crippen LogP contribution in [0.15, 0.2) is 18.1 Å². The highest BCUT2D eigenvalue weighted by atomic mass is 33.5. The second-order valence-corrected chi connectivity index (χ2v) is 5.57. The topological polar surface area (TPSA) is 38.7 Å². The summed E-state index contributed by atoms with van der Waals surface area (Å²) in [5.74, 6) is 0.766. The molecule has 1 aromatic heterocycles. The Morgan fingerprint density at radius 2 is 2.00 bits per heavy atom. The maximum atomic E-state index is 4.02. The molecule has 0 unspecified atom stereocenters. The van der Waals surface area contributed by atoms with Gasteiger partial charge in [-0.15, -0.1) is 0 Å². The molecule has 2 rings (SSSR count). The lowest BCUT2D eigenvalue weighted by molar-refractivity contribution is 1.02. The zero-order chi connectivity index (χ0) is 7.52. The number of rotatable bonds is 1. The highest BCUT2D eigenvalue weighted by molar-refractivity contribution is 9.13. The van der Waals surface area contributed by atoms with Gasteiger partial charge in [-0.3, -0.25) is 0 Å². The SMILES string of the molecule is C1=C(c2ncncn2)SSS1. The molecular weight excluding hydrogens is 198 g/mol. The van der Waals surface area contributed by atoms with Crippen molar-refractivity contribution in [2.24, 2.45) is 0 Å². The fraction of sp³-hybridized carbons (Fsp3) is 0. The van der Waals surface area contributed by atoms with Crippen LogP contribution in [0.25, 0.3) is 4.91 Å². The van der Waals surface area contributed by atoms with Gasteiger partial charge in [0.25, 0.3) is 0 Å². The largest absolute Gasteiger partial charge is 0.225 e. The Kier molecular flexibility index (Phi) is 2.35. The van der Waals surface area contributed by atoms with Crippen LogP contribution in [0.3, 0.4) is 0 Å². The second kappa shape index (κ2) is 3.46. The quantitative estimate of drug-likeness (QED) is 0.649. The van der Waals surface area contributed by atoms with Crippen molar-refractivity contribution in [1.29, 1.82) is 0 Å². The molecule has 0 radical (unpaired) electrons. The van der Waals surface area contributed by atoms with Gasteiger partial charge >= 0.3 is 0 Å². The zero-order valence-corrected chi connectivity index (χ0v) is 7.75. The normalized spacial score (nSPS) is 16.5. The highest BCUT2D eigenvalue weighted by Gasteiger charge is 2.10. The maximum absolute atomic E-state index is 4.02. The first-order valence-corrected chi connectivity index (χ1v) is 6.34. The van der Waals surface area contributed by atoms with Gasteiger partial charge in [-0.1, -0.05) is 10.8 Å². The number of nitrogens with zero attached hydrogens (tertiary/aromatic N) is 3. The van der Waals surface area contributed by atoms with Gasteiger partial charge in [-0.05, 0) is 20.6 Å². The summed E-state index contributed by atoms with van der Waals surface area (Å²) in [6.45, 7) is 0. The molecule has 0 saturated heterocycles. The van der Waals surface area contributed by atoms with E-state index in [9.17, 15) is 0 Å². The number of hydrogen-bond acceptors (Lipinski definition) is 6.